The van der Waals surface area contributed by atoms with Gasteiger partial charge in [-0.2, -0.15) is 10.2 Å². The third kappa shape index (κ3) is 4.06. The maximum Gasteiger partial charge on any atom is 0.250 e. The Morgan fingerprint density at radius 3 is 2.85 bits per heavy atom. The van der Waals surface area contributed by atoms with E-state index in [1.54, 1.807) is 15.8 Å². The van der Waals surface area contributed by atoms with E-state index >= 15 is 0 Å². The predicted molar refractivity (Wildman–Crippen MR) is 122 cm³/mol. The fraction of sp³-hybridized carbons (Fsp3) is 0.500. The Bertz CT molecular complexity index is 1210. The first-order valence-electron chi connectivity index (χ1n) is 11.6. The molecule has 10 heteroatoms. The van der Waals surface area contributed by atoms with Crippen LogP contribution in [0, 0.1) is 11.7 Å². The average molecular weight is 469 g/mol. The van der Waals surface area contributed by atoms with E-state index < -0.39 is 5.82 Å². The summed E-state index contributed by atoms with van der Waals surface area (Å²) in [6.07, 6.45) is 8.24. The molecule has 0 N–H and O–H groups in total. The Morgan fingerprint density at radius 1 is 1.26 bits per heavy atom. The maximum absolute atomic E-state index is 14.4. The van der Waals surface area contributed by atoms with Crippen LogP contribution < -0.4 is 4.74 Å². The molecule has 34 heavy (non-hydrogen) atoms. The monoisotopic (exact) mass is 468 g/mol. The molecule has 1 amide bonds. The zero-order chi connectivity index (χ0) is 23.8. The molecule has 0 aliphatic carbocycles. The van der Waals surface area contributed by atoms with E-state index in [0.717, 1.165) is 35.5 Å². The molecule has 2 atom stereocenters. The second kappa shape index (κ2) is 9.17. The highest BCUT2D eigenvalue weighted by molar-refractivity contribution is 5.76. The molecule has 1 saturated heterocycles. The lowest BCUT2D eigenvalue weighted by Crippen LogP contribution is -2.38. The molecule has 0 radical (unpaired) electrons. The summed E-state index contributed by atoms with van der Waals surface area (Å²) in [5.41, 5.74) is 4.31. The van der Waals surface area contributed by atoms with Crippen LogP contribution in [0.1, 0.15) is 37.1 Å². The Labute approximate surface area is 197 Å². The van der Waals surface area contributed by atoms with Crippen molar-refractivity contribution in [2.45, 2.75) is 38.6 Å². The van der Waals surface area contributed by atoms with Crippen LogP contribution in [0.3, 0.4) is 0 Å². The smallest absolute Gasteiger partial charge is 0.250 e. The molecule has 180 valence electrons. The number of methoxy groups -OCH3 is 1. The number of piperidine rings is 1. The highest BCUT2D eigenvalue weighted by Crippen LogP contribution is 2.33. The highest BCUT2D eigenvalue weighted by atomic mass is 19.1. The fourth-order valence-corrected chi connectivity index (χ4v) is 4.85. The number of halogens is 1. The first-order chi connectivity index (χ1) is 16.5. The molecule has 3 aromatic rings. The predicted octanol–water partition coefficient (Wildman–Crippen LogP) is 2.82. The van der Waals surface area contributed by atoms with Crippen LogP contribution in [0.5, 0.6) is 5.88 Å². The Hall–Kier alpha value is -3.27. The van der Waals surface area contributed by atoms with Crippen LogP contribution >= 0.6 is 0 Å². The van der Waals surface area contributed by atoms with E-state index in [1.807, 2.05) is 24.1 Å². The molecule has 9 nitrogen and oxygen atoms in total. The molecule has 2 unspecified atom stereocenters. The van der Waals surface area contributed by atoms with E-state index in [1.165, 1.54) is 13.2 Å². The number of aromatic nitrogens is 5. The molecule has 2 aliphatic heterocycles. The first-order valence-corrected chi connectivity index (χ1v) is 11.6. The van der Waals surface area contributed by atoms with Crippen molar-refractivity contribution in [2.75, 3.05) is 33.9 Å². The molecule has 2 aliphatic rings. The van der Waals surface area contributed by atoms with Gasteiger partial charge in [-0.1, -0.05) is 0 Å². The summed E-state index contributed by atoms with van der Waals surface area (Å²) in [5, 5.41) is 9.50. The zero-order valence-corrected chi connectivity index (χ0v) is 19.7. The van der Waals surface area contributed by atoms with Crippen LogP contribution in [0.4, 0.5) is 4.39 Å². The molecule has 0 saturated carbocycles. The average Bonchev–Trinajstić information content (AvgIpc) is 3.38. The number of pyridine rings is 1. The van der Waals surface area contributed by atoms with Crippen LogP contribution in [-0.4, -0.2) is 69.3 Å². The molecule has 1 fully saturated rings. The summed E-state index contributed by atoms with van der Waals surface area (Å²) in [4.78, 5) is 18.1. The van der Waals surface area contributed by atoms with Gasteiger partial charge in [-0.25, -0.2) is 14.1 Å². The minimum Gasteiger partial charge on any atom is -0.479 e. The van der Waals surface area contributed by atoms with Crippen molar-refractivity contribution in [1.82, 2.24) is 29.4 Å². The number of hydrogen-bond donors (Lipinski definition) is 0. The van der Waals surface area contributed by atoms with E-state index in [2.05, 4.69) is 17.0 Å². The SMILES string of the molecule is COc1ncc(-n2nc(-c3cnn(C(C)C4CCN(C)C(=O)C4)c3)c3c2CCOCC3)cc1F. The van der Waals surface area contributed by atoms with Gasteiger partial charge in [0, 0.05) is 49.8 Å². The lowest BCUT2D eigenvalue weighted by molar-refractivity contribution is -0.134. The van der Waals surface area contributed by atoms with Gasteiger partial charge in [0.05, 0.1) is 55.8 Å². The van der Waals surface area contributed by atoms with E-state index in [9.17, 15) is 9.18 Å². The number of rotatable bonds is 5. The lowest BCUT2D eigenvalue weighted by Gasteiger charge is -2.32. The summed E-state index contributed by atoms with van der Waals surface area (Å²) >= 11 is 0. The van der Waals surface area contributed by atoms with Gasteiger partial charge < -0.3 is 14.4 Å². The maximum atomic E-state index is 14.4. The normalized spacial score (nSPS) is 19.6. The van der Waals surface area contributed by atoms with Crippen LogP contribution in [0.2, 0.25) is 0 Å². The van der Waals surface area contributed by atoms with Crippen LogP contribution in [0.15, 0.2) is 24.7 Å². The zero-order valence-electron chi connectivity index (χ0n) is 19.7. The Kier molecular flexibility index (Phi) is 6.07. The number of carbonyl (C=O) groups excluding carboxylic acids is 1. The van der Waals surface area contributed by atoms with Gasteiger partial charge >= 0.3 is 0 Å². The molecular weight excluding hydrogens is 439 g/mol. The van der Waals surface area contributed by atoms with Gasteiger partial charge in [-0.05, 0) is 25.7 Å². The third-order valence-corrected chi connectivity index (χ3v) is 6.97. The summed E-state index contributed by atoms with van der Waals surface area (Å²) in [6, 6.07) is 1.48. The second-order valence-electron chi connectivity index (χ2n) is 9.00. The molecular formula is C24H29FN6O3. The van der Waals surface area contributed by atoms with E-state index in [-0.39, 0.29) is 23.7 Å². The van der Waals surface area contributed by atoms with Crippen molar-refractivity contribution in [2.24, 2.45) is 5.92 Å². The number of fused-ring (bicyclic) bond motifs is 1. The highest BCUT2D eigenvalue weighted by Gasteiger charge is 2.29. The summed E-state index contributed by atoms with van der Waals surface area (Å²) in [6.45, 7) is 4.05. The summed E-state index contributed by atoms with van der Waals surface area (Å²) in [7, 11) is 3.24. The van der Waals surface area contributed by atoms with Crippen molar-refractivity contribution >= 4 is 5.91 Å². The number of ether oxygens (including phenoxy) is 2. The topological polar surface area (TPSA) is 87.3 Å². The van der Waals surface area contributed by atoms with Crippen molar-refractivity contribution in [3.05, 3.63) is 41.7 Å². The van der Waals surface area contributed by atoms with Gasteiger partial charge in [-0.3, -0.25) is 9.48 Å². The number of hydrogen-bond acceptors (Lipinski definition) is 6. The number of carbonyl (C=O) groups is 1. The number of nitrogens with zero attached hydrogens (tertiary/aromatic N) is 6. The fourth-order valence-electron chi connectivity index (χ4n) is 4.85. The van der Waals surface area contributed by atoms with E-state index in [4.69, 9.17) is 14.6 Å². The number of amides is 1. The molecule has 5 rings (SSSR count). The first kappa shape index (κ1) is 22.5. The van der Waals surface area contributed by atoms with Crippen molar-refractivity contribution in [3.8, 4) is 22.8 Å². The lowest BCUT2D eigenvalue weighted by atomic mass is 9.90. The molecule has 0 aromatic carbocycles. The Morgan fingerprint density at radius 2 is 2.09 bits per heavy atom. The summed E-state index contributed by atoms with van der Waals surface area (Å²) in [5.74, 6) is -0.161. The minimum absolute atomic E-state index is 0.0480. The van der Waals surface area contributed by atoms with Crippen LogP contribution in [0.25, 0.3) is 16.9 Å². The standard InChI is InChI=1S/C24H29FN6O3/c1-15(16-4-7-29(2)22(32)10-16)30-14-17(12-27-30)23-19-5-8-34-9-6-21(19)31(28-23)18-11-20(25)24(33-3)26-13-18/h11-16H,4-10H2,1-3H3. The van der Waals surface area contributed by atoms with E-state index in [0.29, 0.717) is 38.2 Å². The molecule has 3 aromatic heterocycles. The largest absolute Gasteiger partial charge is 0.479 e. The second-order valence-corrected chi connectivity index (χ2v) is 9.00. The number of likely N-dealkylation sites (tertiary alicyclic amines) is 1. The summed E-state index contributed by atoms with van der Waals surface area (Å²) < 4.78 is 28.8. The van der Waals surface area contributed by atoms with Crippen molar-refractivity contribution in [1.29, 1.82) is 0 Å². The third-order valence-electron chi connectivity index (χ3n) is 6.97. The molecule has 0 spiro atoms. The van der Waals surface area contributed by atoms with Gasteiger partial charge in [0.1, 0.15) is 0 Å². The van der Waals surface area contributed by atoms with Gasteiger partial charge in [0.25, 0.3) is 0 Å². The quantitative estimate of drug-likeness (QED) is 0.572. The van der Waals surface area contributed by atoms with Crippen molar-refractivity contribution in [3.63, 3.8) is 0 Å². The van der Waals surface area contributed by atoms with Gasteiger partial charge in [0.15, 0.2) is 5.82 Å². The Balaban J connectivity index is 1.49. The molecule has 0 bridgehead atoms. The van der Waals surface area contributed by atoms with Crippen molar-refractivity contribution < 1.29 is 18.7 Å². The van der Waals surface area contributed by atoms with Gasteiger partial charge in [0.2, 0.25) is 11.8 Å². The van der Waals surface area contributed by atoms with Gasteiger partial charge in [-0.15, -0.1) is 0 Å². The van der Waals surface area contributed by atoms with Crippen LogP contribution in [-0.2, 0) is 22.4 Å². The minimum atomic E-state index is -0.537. The molecule has 5 heterocycles.